The molecule has 4 rings (SSSR count). The molecule has 0 aliphatic carbocycles. The number of para-hydroxylation sites is 1. The summed E-state index contributed by atoms with van der Waals surface area (Å²) < 4.78 is 5.52. The number of aliphatic carboxylic acids is 1. The van der Waals surface area contributed by atoms with E-state index in [-0.39, 0.29) is 12.0 Å². The Hall–Kier alpha value is -3.15. The van der Waals surface area contributed by atoms with Gasteiger partial charge in [0, 0.05) is 37.2 Å². The summed E-state index contributed by atoms with van der Waals surface area (Å²) in [6, 6.07) is 27.9. The third-order valence-corrected chi connectivity index (χ3v) is 5.92. The first-order chi connectivity index (χ1) is 15.2. The predicted molar refractivity (Wildman–Crippen MR) is 121 cm³/mol. The van der Waals surface area contributed by atoms with E-state index in [9.17, 15) is 9.90 Å². The van der Waals surface area contributed by atoms with Crippen molar-refractivity contribution in [1.29, 1.82) is 0 Å². The molecule has 160 valence electrons. The maximum absolute atomic E-state index is 12.0. The fourth-order valence-corrected chi connectivity index (χ4v) is 4.51. The standard InChI is InChI=1S/C26H28N2O3/c1-31-24-15-9-8-14-21(24)16-28-17-22(27-23(18-28)26(29)30)25(19-10-4-2-5-11-19)20-12-6-3-7-13-20/h2-15,22-23,25,27H,16-18H2,1H3,(H,29,30)/t22?,23-/m1/s1. The minimum absolute atomic E-state index is 0.0460. The smallest absolute Gasteiger partial charge is 0.322 e. The topological polar surface area (TPSA) is 61.8 Å². The number of benzene rings is 3. The van der Waals surface area contributed by atoms with Gasteiger partial charge in [-0.05, 0) is 17.2 Å². The Morgan fingerprint density at radius 2 is 1.55 bits per heavy atom. The van der Waals surface area contributed by atoms with E-state index in [1.54, 1.807) is 7.11 Å². The zero-order valence-corrected chi connectivity index (χ0v) is 17.6. The molecule has 1 saturated heterocycles. The minimum Gasteiger partial charge on any atom is -0.496 e. The number of nitrogens with one attached hydrogen (secondary N) is 1. The Kier molecular flexibility index (Phi) is 6.65. The molecule has 0 saturated carbocycles. The zero-order chi connectivity index (χ0) is 21.6. The summed E-state index contributed by atoms with van der Waals surface area (Å²) in [5.74, 6) is 0.0476. The predicted octanol–water partition coefficient (Wildman–Crippen LogP) is 3.75. The summed E-state index contributed by atoms with van der Waals surface area (Å²) >= 11 is 0. The van der Waals surface area contributed by atoms with Crippen LogP contribution in [0.25, 0.3) is 0 Å². The molecule has 1 fully saturated rings. The van der Waals surface area contributed by atoms with Crippen molar-refractivity contribution in [2.24, 2.45) is 0 Å². The molecule has 0 amide bonds. The number of ether oxygens (including phenoxy) is 1. The van der Waals surface area contributed by atoms with E-state index in [4.69, 9.17) is 4.74 Å². The Morgan fingerprint density at radius 1 is 0.968 bits per heavy atom. The number of nitrogens with zero attached hydrogens (tertiary/aromatic N) is 1. The van der Waals surface area contributed by atoms with Crippen molar-refractivity contribution in [2.45, 2.75) is 24.5 Å². The lowest BCUT2D eigenvalue weighted by Gasteiger charge is -2.41. The highest BCUT2D eigenvalue weighted by molar-refractivity contribution is 5.74. The summed E-state index contributed by atoms with van der Waals surface area (Å²) in [7, 11) is 1.67. The van der Waals surface area contributed by atoms with E-state index in [0.29, 0.717) is 13.1 Å². The van der Waals surface area contributed by atoms with Gasteiger partial charge in [0.05, 0.1) is 7.11 Å². The Morgan fingerprint density at radius 3 is 2.13 bits per heavy atom. The van der Waals surface area contributed by atoms with Crippen LogP contribution in [0.3, 0.4) is 0 Å². The van der Waals surface area contributed by atoms with E-state index in [1.165, 1.54) is 11.1 Å². The number of hydrogen-bond donors (Lipinski definition) is 2. The molecule has 31 heavy (non-hydrogen) atoms. The number of hydrogen-bond acceptors (Lipinski definition) is 4. The monoisotopic (exact) mass is 416 g/mol. The second kappa shape index (κ2) is 9.77. The van der Waals surface area contributed by atoms with Gasteiger partial charge in [-0.1, -0.05) is 78.9 Å². The molecule has 3 aromatic carbocycles. The highest BCUT2D eigenvalue weighted by atomic mass is 16.5. The molecule has 3 aromatic rings. The van der Waals surface area contributed by atoms with Crippen LogP contribution in [0, 0.1) is 0 Å². The van der Waals surface area contributed by atoms with Gasteiger partial charge in [-0.3, -0.25) is 15.0 Å². The van der Waals surface area contributed by atoms with Crippen molar-refractivity contribution in [3.63, 3.8) is 0 Å². The lowest BCUT2D eigenvalue weighted by molar-refractivity contribution is -0.141. The Balaban J connectivity index is 1.66. The van der Waals surface area contributed by atoms with Gasteiger partial charge >= 0.3 is 5.97 Å². The summed E-state index contributed by atoms with van der Waals surface area (Å²) in [6.45, 7) is 1.82. The second-order valence-electron chi connectivity index (χ2n) is 7.97. The van der Waals surface area contributed by atoms with Crippen molar-refractivity contribution in [3.05, 3.63) is 102 Å². The molecule has 0 spiro atoms. The molecular weight excluding hydrogens is 388 g/mol. The molecule has 0 aromatic heterocycles. The molecule has 1 aliphatic heterocycles. The van der Waals surface area contributed by atoms with Crippen LogP contribution in [-0.4, -0.2) is 48.3 Å². The fraction of sp³-hybridized carbons (Fsp3) is 0.269. The first-order valence-electron chi connectivity index (χ1n) is 10.6. The minimum atomic E-state index is -0.824. The van der Waals surface area contributed by atoms with Gasteiger partial charge in [-0.25, -0.2) is 0 Å². The van der Waals surface area contributed by atoms with E-state index < -0.39 is 12.0 Å². The third-order valence-electron chi connectivity index (χ3n) is 5.92. The van der Waals surface area contributed by atoms with E-state index in [2.05, 4.69) is 34.5 Å². The molecular formula is C26H28N2O3. The number of methoxy groups -OCH3 is 1. The molecule has 1 aliphatic rings. The van der Waals surface area contributed by atoms with Crippen LogP contribution in [0.15, 0.2) is 84.9 Å². The van der Waals surface area contributed by atoms with Gasteiger partial charge in [-0.15, -0.1) is 0 Å². The van der Waals surface area contributed by atoms with Crippen LogP contribution in [0.1, 0.15) is 22.6 Å². The van der Waals surface area contributed by atoms with Crippen molar-refractivity contribution in [1.82, 2.24) is 10.2 Å². The lowest BCUT2D eigenvalue weighted by Crippen LogP contribution is -2.60. The maximum atomic E-state index is 12.0. The molecule has 1 unspecified atom stereocenters. The van der Waals surface area contributed by atoms with Gasteiger partial charge in [0.2, 0.25) is 0 Å². The molecule has 2 N–H and O–H groups in total. The van der Waals surface area contributed by atoms with Gasteiger partial charge in [0.1, 0.15) is 11.8 Å². The Bertz CT molecular complexity index is 954. The van der Waals surface area contributed by atoms with Crippen molar-refractivity contribution in [2.75, 3.05) is 20.2 Å². The highest BCUT2D eigenvalue weighted by Crippen LogP contribution is 2.31. The van der Waals surface area contributed by atoms with E-state index in [1.807, 2.05) is 60.7 Å². The van der Waals surface area contributed by atoms with Crippen molar-refractivity contribution in [3.8, 4) is 5.75 Å². The van der Waals surface area contributed by atoms with E-state index in [0.717, 1.165) is 17.9 Å². The zero-order valence-electron chi connectivity index (χ0n) is 17.6. The van der Waals surface area contributed by atoms with Crippen LogP contribution in [0.5, 0.6) is 5.75 Å². The number of carboxylic acid groups (broad SMARTS) is 1. The molecule has 0 bridgehead atoms. The van der Waals surface area contributed by atoms with Crippen molar-refractivity contribution < 1.29 is 14.6 Å². The fourth-order valence-electron chi connectivity index (χ4n) is 4.51. The van der Waals surface area contributed by atoms with Crippen LogP contribution >= 0.6 is 0 Å². The van der Waals surface area contributed by atoms with Gasteiger partial charge in [0.25, 0.3) is 0 Å². The van der Waals surface area contributed by atoms with Crippen LogP contribution in [0.2, 0.25) is 0 Å². The molecule has 2 atom stereocenters. The van der Waals surface area contributed by atoms with E-state index >= 15 is 0 Å². The summed E-state index contributed by atoms with van der Waals surface area (Å²) in [5.41, 5.74) is 3.41. The van der Waals surface area contributed by atoms with Gasteiger partial charge < -0.3 is 9.84 Å². The number of carbonyl (C=O) groups is 1. The first-order valence-corrected chi connectivity index (χ1v) is 10.6. The quantitative estimate of drug-likeness (QED) is 0.614. The normalized spacial score (nSPS) is 19.3. The van der Waals surface area contributed by atoms with Gasteiger partial charge in [0.15, 0.2) is 0 Å². The molecule has 1 heterocycles. The lowest BCUT2D eigenvalue weighted by atomic mass is 9.83. The molecule has 5 nitrogen and oxygen atoms in total. The largest absolute Gasteiger partial charge is 0.496 e. The number of piperazine rings is 1. The highest BCUT2D eigenvalue weighted by Gasteiger charge is 2.36. The molecule has 5 heteroatoms. The number of carboxylic acids is 1. The summed E-state index contributed by atoms with van der Waals surface area (Å²) in [5, 5.41) is 13.3. The number of rotatable bonds is 7. The summed E-state index contributed by atoms with van der Waals surface area (Å²) in [6.07, 6.45) is 0. The third kappa shape index (κ3) is 4.95. The first kappa shape index (κ1) is 21.1. The Labute approximate surface area is 183 Å². The maximum Gasteiger partial charge on any atom is 0.322 e. The van der Waals surface area contributed by atoms with Crippen LogP contribution in [0.4, 0.5) is 0 Å². The summed E-state index contributed by atoms with van der Waals surface area (Å²) in [4.78, 5) is 14.2. The van der Waals surface area contributed by atoms with Crippen LogP contribution < -0.4 is 10.1 Å². The van der Waals surface area contributed by atoms with Gasteiger partial charge in [-0.2, -0.15) is 0 Å². The average Bonchev–Trinajstić information content (AvgIpc) is 2.81. The second-order valence-corrected chi connectivity index (χ2v) is 7.97. The average molecular weight is 417 g/mol. The van der Waals surface area contributed by atoms with Crippen LogP contribution in [-0.2, 0) is 11.3 Å². The SMILES string of the molecule is COc1ccccc1CN1CC(C(c2ccccc2)c2ccccc2)N[C@@H](C(=O)O)C1. The molecule has 0 radical (unpaired) electrons. The van der Waals surface area contributed by atoms with Crippen molar-refractivity contribution >= 4 is 5.97 Å².